The second-order valence-corrected chi connectivity index (χ2v) is 5.87. The average molecular weight is 345 g/mol. The summed E-state index contributed by atoms with van der Waals surface area (Å²) in [5.41, 5.74) is 0.594. The predicted octanol–water partition coefficient (Wildman–Crippen LogP) is 1.49. The molecule has 0 atom stereocenters. The van der Waals surface area contributed by atoms with Crippen LogP contribution in [0.25, 0.3) is 5.78 Å². The minimum atomic E-state index is -0.308. The number of hydrogen-bond donors (Lipinski definition) is 1. The van der Waals surface area contributed by atoms with Gasteiger partial charge in [-0.25, -0.2) is 0 Å². The Bertz CT molecular complexity index is 932. The normalized spacial score (nSPS) is 10.9. The molecule has 0 aliphatic rings. The molecule has 24 heavy (non-hydrogen) atoms. The number of H-pyrrole nitrogens is 1. The first-order valence-electron chi connectivity index (χ1n) is 7.29. The number of ketones is 1. The Kier molecular flexibility index (Phi) is 4.61. The van der Waals surface area contributed by atoms with Crippen LogP contribution in [-0.2, 0) is 0 Å². The SMILES string of the molecule is CCOc1ccc(C(=O)CSc2nnc3[nH]c(=O)c(C)nn23)cc1. The summed E-state index contributed by atoms with van der Waals surface area (Å²) in [5.74, 6) is 1.13. The molecule has 1 N–H and O–H groups in total. The number of hydrogen-bond acceptors (Lipinski definition) is 7. The summed E-state index contributed by atoms with van der Waals surface area (Å²) in [6, 6.07) is 7.00. The Morgan fingerprint density at radius 1 is 1.29 bits per heavy atom. The maximum Gasteiger partial charge on any atom is 0.273 e. The van der Waals surface area contributed by atoms with Crippen LogP contribution >= 0.6 is 11.8 Å². The third kappa shape index (κ3) is 3.30. The number of carbonyl (C=O) groups is 1. The monoisotopic (exact) mass is 345 g/mol. The molecule has 3 rings (SSSR count). The molecule has 0 bridgehead atoms. The van der Waals surface area contributed by atoms with Crippen LogP contribution in [0.4, 0.5) is 0 Å². The number of benzene rings is 1. The van der Waals surface area contributed by atoms with Gasteiger partial charge in [0, 0.05) is 5.56 Å². The van der Waals surface area contributed by atoms with Crippen molar-refractivity contribution in [3.8, 4) is 5.75 Å². The average Bonchev–Trinajstić information content (AvgIpc) is 2.96. The van der Waals surface area contributed by atoms with E-state index in [0.29, 0.717) is 23.0 Å². The summed E-state index contributed by atoms with van der Waals surface area (Å²) in [6.45, 7) is 4.08. The van der Waals surface area contributed by atoms with Crippen molar-refractivity contribution in [3.05, 3.63) is 45.9 Å². The Hall–Kier alpha value is -2.68. The van der Waals surface area contributed by atoms with Gasteiger partial charge in [0.25, 0.3) is 11.3 Å². The van der Waals surface area contributed by atoms with Crippen LogP contribution in [0, 0.1) is 6.92 Å². The van der Waals surface area contributed by atoms with Gasteiger partial charge in [-0.3, -0.25) is 14.6 Å². The molecule has 2 aromatic heterocycles. The van der Waals surface area contributed by atoms with Crippen LogP contribution in [0.1, 0.15) is 23.0 Å². The molecule has 0 fully saturated rings. The van der Waals surface area contributed by atoms with E-state index in [1.54, 1.807) is 31.2 Å². The van der Waals surface area contributed by atoms with Gasteiger partial charge in [0.2, 0.25) is 5.16 Å². The smallest absolute Gasteiger partial charge is 0.273 e. The number of nitrogens with zero attached hydrogens (tertiary/aromatic N) is 4. The zero-order valence-electron chi connectivity index (χ0n) is 13.1. The molecule has 0 aliphatic heterocycles. The largest absolute Gasteiger partial charge is 0.494 e. The number of aromatic nitrogens is 5. The third-order valence-electron chi connectivity index (χ3n) is 3.24. The van der Waals surface area contributed by atoms with E-state index < -0.39 is 0 Å². The van der Waals surface area contributed by atoms with Gasteiger partial charge < -0.3 is 4.74 Å². The fourth-order valence-electron chi connectivity index (χ4n) is 2.03. The molecule has 8 nitrogen and oxygen atoms in total. The van der Waals surface area contributed by atoms with Crippen LogP contribution in [-0.4, -0.2) is 42.9 Å². The van der Waals surface area contributed by atoms with Crippen LogP contribution in [0.2, 0.25) is 0 Å². The van der Waals surface area contributed by atoms with E-state index in [2.05, 4.69) is 20.3 Å². The van der Waals surface area contributed by atoms with Crippen LogP contribution in [0.5, 0.6) is 5.75 Å². The molecular formula is C15H15N5O3S. The quantitative estimate of drug-likeness (QED) is 0.533. The number of Topliss-reactive ketones (excluding diaryl/α,β-unsaturated/α-hetero) is 1. The van der Waals surface area contributed by atoms with Gasteiger partial charge in [-0.15, -0.1) is 10.2 Å². The lowest BCUT2D eigenvalue weighted by Gasteiger charge is -2.04. The first-order chi connectivity index (χ1) is 11.6. The van der Waals surface area contributed by atoms with Crippen LogP contribution < -0.4 is 10.3 Å². The first-order valence-corrected chi connectivity index (χ1v) is 8.28. The fourth-order valence-corrected chi connectivity index (χ4v) is 2.80. The molecule has 0 unspecified atom stereocenters. The summed E-state index contributed by atoms with van der Waals surface area (Å²) in [4.78, 5) is 26.3. The van der Waals surface area contributed by atoms with Gasteiger partial charge in [-0.05, 0) is 38.1 Å². The van der Waals surface area contributed by atoms with Crippen molar-refractivity contribution in [2.24, 2.45) is 0 Å². The maximum absolute atomic E-state index is 12.3. The van der Waals surface area contributed by atoms with Crippen molar-refractivity contribution in [3.63, 3.8) is 0 Å². The molecule has 0 aliphatic carbocycles. The minimum Gasteiger partial charge on any atom is -0.494 e. The number of rotatable bonds is 6. The van der Waals surface area contributed by atoms with E-state index in [-0.39, 0.29) is 22.9 Å². The molecule has 0 spiro atoms. The molecule has 0 saturated heterocycles. The summed E-state index contributed by atoms with van der Waals surface area (Å²) >= 11 is 1.21. The van der Waals surface area contributed by atoms with Crippen molar-refractivity contribution in [2.45, 2.75) is 19.0 Å². The van der Waals surface area contributed by atoms with Gasteiger partial charge >= 0.3 is 0 Å². The van der Waals surface area contributed by atoms with Gasteiger partial charge in [0.1, 0.15) is 11.4 Å². The second-order valence-electron chi connectivity index (χ2n) is 4.93. The fraction of sp³-hybridized carbons (Fsp3) is 0.267. The zero-order chi connectivity index (χ0) is 17.1. The van der Waals surface area contributed by atoms with E-state index in [1.807, 2.05) is 6.92 Å². The molecule has 124 valence electrons. The van der Waals surface area contributed by atoms with E-state index in [1.165, 1.54) is 16.3 Å². The zero-order valence-corrected chi connectivity index (χ0v) is 14.0. The van der Waals surface area contributed by atoms with E-state index in [4.69, 9.17) is 4.74 Å². The molecule has 2 heterocycles. The lowest BCUT2D eigenvalue weighted by molar-refractivity contribution is 0.102. The highest BCUT2D eigenvalue weighted by atomic mass is 32.2. The van der Waals surface area contributed by atoms with Gasteiger partial charge in [0.15, 0.2) is 5.78 Å². The number of thioether (sulfide) groups is 1. The molecule has 3 aromatic rings. The molecular weight excluding hydrogens is 330 g/mol. The maximum atomic E-state index is 12.3. The predicted molar refractivity (Wildman–Crippen MR) is 88.8 cm³/mol. The lowest BCUT2D eigenvalue weighted by Crippen LogP contribution is -2.15. The van der Waals surface area contributed by atoms with Crippen LogP contribution in [0.15, 0.2) is 34.2 Å². The Morgan fingerprint density at radius 3 is 2.75 bits per heavy atom. The van der Waals surface area contributed by atoms with Gasteiger partial charge in [0.05, 0.1) is 12.4 Å². The number of aromatic amines is 1. The summed E-state index contributed by atoms with van der Waals surface area (Å²) in [5, 5.41) is 12.4. The summed E-state index contributed by atoms with van der Waals surface area (Å²) in [6.07, 6.45) is 0. The topological polar surface area (TPSA) is 102 Å². The highest BCUT2D eigenvalue weighted by molar-refractivity contribution is 7.99. The number of nitrogens with one attached hydrogen (secondary N) is 1. The minimum absolute atomic E-state index is 0.0408. The second kappa shape index (κ2) is 6.83. The van der Waals surface area contributed by atoms with Crippen molar-refractivity contribution in [1.82, 2.24) is 24.8 Å². The highest BCUT2D eigenvalue weighted by Gasteiger charge is 2.13. The summed E-state index contributed by atoms with van der Waals surface area (Å²) < 4.78 is 6.78. The van der Waals surface area contributed by atoms with E-state index >= 15 is 0 Å². The molecule has 1 aromatic carbocycles. The number of aryl methyl sites for hydroxylation is 1. The lowest BCUT2D eigenvalue weighted by atomic mass is 10.1. The first kappa shape index (κ1) is 16.2. The Labute approximate surface area is 141 Å². The van der Waals surface area contributed by atoms with Gasteiger partial charge in [-0.1, -0.05) is 11.8 Å². The number of fused-ring (bicyclic) bond motifs is 1. The number of ether oxygens (including phenoxy) is 1. The van der Waals surface area contributed by atoms with Crippen molar-refractivity contribution in [1.29, 1.82) is 0 Å². The van der Waals surface area contributed by atoms with Crippen molar-refractivity contribution < 1.29 is 9.53 Å². The van der Waals surface area contributed by atoms with Gasteiger partial charge in [-0.2, -0.15) is 9.61 Å². The Morgan fingerprint density at radius 2 is 2.04 bits per heavy atom. The number of carbonyl (C=O) groups excluding carboxylic acids is 1. The van der Waals surface area contributed by atoms with Crippen molar-refractivity contribution in [2.75, 3.05) is 12.4 Å². The molecule has 9 heteroatoms. The van der Waals surface area contributed by atoms with E-state index in [0.717, 1.165) is 5.75 Å². The summed E-state index contributed by atoms with van der Waals surface area (Å²) in [7, 11) is 0. The van der Waals surface area contributed by atoms with Crippen LogP contribution in [0.3, 0.4) is 0 Å². The molecule has 0 radical (unpaired) electrons. The third-order valence-corrected chi connectivity index (χ3v) is 4.15. The molecule has 0 amide bonds. The van der Waals surface area contributed by atoms with E-state index in [9.17, 15) is 9.59 Å². The highest BCUT2D eigenvalue weighted by Crippen LogP contribution is 2.18. The standard InChI is InChI=1S/C15H15N5O3S/c1-3-23-11-6-4-10(5-7-11)12(21)8-24-15-18-17-14-16-13(22)9(2)19-20(14)15/h4-7H,3,8H2,1-2H3,(H,16,17,22). The Balaban J connectivity index is 1.72. The molecule has 0 saturated carbocycles. The van der Waals surface area contributed by atoms with Crippen molar-refractivity contribution >= 4 is 23.3 Å².